The van der Waals surface area contributed by atoms with E-state index in [1.807, 2.05) is 6.92 Å². The first kappa shape index (κ1) is 10.3. The number of hydrogen-bond donors (Lipinski definition) is 0. The molecule has 0 bridgehead atoms. The number of nitrogens with zero attached hydrogens (tertiary/aromatic N) is 2. The predicted octanol–water partition coefficient (Wildman–Crippen LogP) is 0.863. The third-order valence-corrected chi connectivity index (χ3v) is 2.94. The molecule has 2 heterocycles. The number of allylic oxidation sites excluding steroid dienone is 2. The summed E-state index contributed by atoms with van der Waals surface area (Å²) in [6, 6.07) is 0. The SMILES string of the molecule is CC1=C(CCc2nccnc2C)BC=B1. The Kier molecular flexibility index (Phi) is 3.14. The third kappa shape index (κ3) is 2.44. The monoisotopic (exact) mass is 196 g/mol. The fraction of sp³-hybridized carbons (Fsp3) is 0.364. The number of hydrogen-bond acceptors (Lipinski definition) is 2. The molecule has 0 unspecified atom stereocenters. The Morgan fingerprint density at radius 3 is 2.67 bits per heavy atom. The molecule has 1 aromatic rings. The molecule has 0 aromatic carbocycles. The molecule has 0 saturated heterocycles. The van der Waals surface area contributed by atoms with Crippen LogP contribution in [0.15, 0.2) is 23.3 Å². The Labute approximate surface area is 92.0 Å². The number of rotatable bonds is 3. The summed E-state index contributed by atoms with van der Waals surface area (Å²) >= 11 is 0. The molecule has 0 fully saturated rings. The van der Waals surface area contributed by atoms with E-state index in [-0.39, 0.29) is 0 Å². The first-order valence-electron chi connectivity index (χ1n) is 5.39. The van der Waals surface area contributed by atoms with E-state index in [2.05, 4.69) is 29.7 Å². The van der Waals surface area contributed by atoms with E-state index in [0.29, 0.717) is 0 Å². The first-order chi connectivity index (χ1) is 7.27. The van der Waals surface area contributed by atoms with E-state index in [4.69, 9.17) is 0 Å². The molecule has 0 N–H and O–H groups in total. The van der Waals surface area contributed by atoms with Crippen molar-refractivity contribution < 1.29 is 0 Å². The van der Waals surface area contributed by atoms with Crippen molar-refractivity contribution in [3.05, 3.63) is 34.7 Å². The second-order valence-corrected chi connectivity index (χ2v) is 3.98. The van der Waals surface area contributed by atoms with Crippen LogP contribution in [-0.4, -0.2) is 30.0 Å². The van der Waals surface area contributed by atoms with Gasteiger partial charge in [-0.25, -0.2) is 0 Å². The zero-order chi connectivity index (χ0) is 10.7. The summed E-state index contributed by atoms with van der Waals surface area (Å²) < 4.78 is 0. The molecule has 74 valence electrons. The molecule has 2 rings (SSSR count). The molecule has 1 aliphatic rings. The Hall–Kier alpha value is -1.18. The Morgan fingerprint density at radius 2 is 2.00 bits per heavy atom. The number of aryl methyl sites for hydroxylation is 2. The van der Waals surface area contributed by atoms with Gasteiger partial charge in [0.2, 0.25) is 0 Å². The summed E-state index contributed by atoms with van der Waals surface area (Å²) in [5.41, 5.74) is 5.16. The van der Waals surface area contributed by atoms with Gasteiger partial charge in [-0.15, -0.1) is 0 Å². The molecule has 4 heteroatoms. The predicted molar refractivity (Wildman–Crippen MR) is 66.8 cm³/mol. The summed E-state index contributed by atoms with van der Waals surface area (Å²) in [4.78, 5) is 8.61. The fourth-order valence-electron chi connectivity index (χ4n) is 1.91. The summed E-state index contributed by atoms with van der Waals surface area (Å²) in [7, 11) is 1.12. The standard InChI is InChI=1S/C11H14B2N2/c1-8-10(13-7-12-8)3-4-11-9(2)14-5-6-15-11/h5-7,13H,3-4H2,1-2H3. The quantitative estimate of drug-likeness (QED) is 0.670. The second-order valence-electron chi connectivity index (χ2n) is 3.98. The zero-order valence-corrected chi connectivity index (χ0v) is 9.33. The third-order valence-electron chi connectivity index (χ3n) is 2.94. The average Bonchev–Trinajstić information content (AvgIpc) is 2.63. The Balaban J connectivity index is 2.00. The fourth-order valence-corrected chi connectivity index (χ4v) is 1.91. The molecule has 0 radical (unpaired) electrons. The topological polar surface area (TPSA) is 25.8 Å². The molecule has 2 nitrogen and oxygen atoms in total. The van der Waals surface area contributed by atoms with Gasteiger partial charge in [0.15, 0.2) is 0 Å². The minimum absolute atomic E-state index is 1.01. The van der Waals surface area contributed by atoms with Crippen molar-refractivity contribution in [1.82, 2.24) is 9.97 Å². The second kappa shape index (κ2) is 4.56. The van der Waals surface area contributed by atoms with Gasteiger partial charge in [-0.1, -0.05) is 0 Å². The maximum atomic E-state index is 4.36. The van der Waals surface area contributed by atoms with Gasteiger partial charge in [-0.2, -0.15) is 0 Å². The van der Waals surface area contributed by atoms with E-state index in [9.17, 15) is 0 Å². The van der Waals surface area contributed by atoms with Crippen LogP contribution in [0.1, 0.15) is 24.7 Å². The van der Waals surface area contributed by atoms with E-state index >= 15 is 0 Å². The van der Waals surface area contributed by atoms with Crippen LogP contribution in [0.3, 0.4) is 0 Å². The summed E-state index contributed by atoms with van der Waals surface area (Å²) in [6.07, 6.45) is 5.64. The van der Waals surface area contributed by atoms with Crippen LogP contribution in [0.25, 0.3) is 0 Å². The van der Waals surface area contributed by atoms with Crippen LogP contribution in [0.4, 0.5) is 0 Å². The molecule has 0 atom stereocenters. The average molecular weight is 196 g/mol. The van der Waals surface area contributed by atoms with Crippen molar-refractivity contribution in [2.24, 2.45) is 0 Å². The maximum absolute atomic E-state index is 4.36. The van der Waals surface area contributed by atoms with E-state index in [1.54, 1.807) is 17.9 Å². The van der Waals surface area contributed by atoms with Crippen molar-refractivity contribution in [3.8, 4) is 0 Å². The molecular weight excluding hydrogens is 182 g/mol. The molecule has 0 aliphatic carbocycles. The van der Waals surface area contributed by atoms with Gasteiger partial charge >= 0.3 is 91.4 Å². The van der Waals surface area contributed by atoms with Crippen LogP contribution in [0.2, 0.25) is 0 Å². The van der Waals surface area contributed by atoms with Crippen molar-refractivity contribution in [2.45, 2.75) is 26.7 Å². The normalized spacial score (nSPS) is 14.0. The van der Waals surface area contributed by atoms with Gasteiger partial charge in [-0.3, -0.25) is 0 Å². The molecule has 0 spiro atoms. The van der Waals surface area contributed by atoms with Crippen molar-refractivity contribution in [2.75, 3.05) is 0 Å². The van der Waals surface area contributed by atoms with Crippen molar-refractivity contribution in [1.29, 1.82) is 0 Å². The van der Waals surface area contributed by atoms with Crippen LogP contribution in [0, 0.1) is 6.92 Å². The summed E-state index contributed by atoms with van der Waals surface area (Å²) in [5.74, 6) is 2.23. The molecule has 1 aromatic heterocycles. The molecule has 1 aliphatic heterocycles. The first-order valence-corrected chi connectivity index (χ1v) is 5.39. The van der Waals surface area contributed by atoms with Crippen LogP contribution < -0.4 is 0 Å². The van der Waals surface area contributed by atoms with Crippen molar-refractivity contribution >= 4 is 20.1 Å². The molecule has 15 heavy (non-hydrogen) atoms. The van der Waals surface area contributed by atoms with Gasteiger partial charge in [-0.05, 0) is 0 Å². The van der Waals surface area contributed by atoms with Gasteiger partial charge in [0.25, 0.3) is 0 Å². The van der Waals surface area contributed by atoms with Crippen LogP contribution in [-0.2, 0) is 6.42 Å². The minimum atomic E-state index is 1.01. The van der Waals surface area contributed by atoms with E-state index in [0.717, 1.165) is 31.5 Å². The molecule has 0 amide bonds. The number of aromatic nitrogens is 2. The van der Waals surface area contributed by atoms with Gasteiger partial charge in [0.1, 0.15) is 0 Å². The Bertz CT molecular complexity index is 424. The van der Waals surface area contributed by atoms with Crippen LogP contribution >= 0.6 is 0 Å². The van der Waals surface area contributed by atoms with Gasteiger partial charge in [0.05, 0.1) is 0 Å². The summed E-state index contributed by atoms with van der Waals surface area (Å²) in [6.45, 7) is 6.41. The van der Waals surface area contributed by atoms with E-state index in [1.165, 1.54) is 5.47 Å². The molecule has 0 saturated carbocycles. The van der Waals surface area contributed by atoms with E-state index < -0.39 is 0 Å². The summed E-state index contributed by atoms with van der Waals surface area (Å²) in [5, 5.41) is 0. The molecular formula is C11H14B2N2. The van der Waals surface area contributed by atoms with Gasteiger partial charge < -0.3 is 0 Å². The van der Waals surface area contributed by atoms with Crippen molar-refractivity contribution in [3.63, 3.8) is 0 Å². The van der Waals surface area contributed by atoms with Crippen LogP contribution in [0.5, 0.6) is 0 Å². The van der Waals surface area contributed by atoms with Gasteiger partial charge in [0, 0.05) is 0 Å². The Morgan fingerprint density at radius 1 is 1.20 bits per heavy atom. The zero-order valence-electron chi connectivity index (χ0n) is 9.33.